The first-order chi connectivity index (χ1) is 10.2. The Hall–Kier alpha value is -1.17. The molecule has 0 aliphatic heterocycles. The van der Waals surface area contributed by atoms with Crippen molar-refractivity contribution in [1.29, 1.82) is 0 Å². The molecule has 0 N–H and O–H groups in total. The van der Waals surface area contributed by atoms with Gasteiger partial charge in [-0.3, -0.25) is 0 Å². The molecule has 0 fully saturated rings. The summed E-state index contributed by atoms with van der Waals surface area (Å²) in [5.41, 5.74) is 2.07. The molecule has 5 heteroatoms. The Morgan fingerprint density at radius 1 is 1.14 bits per heavy atom. The van der Waals surface area contributed by atoms with E-state index in [0.717, 1.165) is 31.4 Å². The molecule has 0 aliphatic rings. The molecule has 1 aromatic heterocycles. The molecule has 3 rings (SSSR count). The van der Waals surface area contributed by atoms with E-state index < -0.39 is 0 Å². The summed E-state index contributed by atoms with van der Waals surface area (Å²) in [7, 11) is 0. The second-order valence-electron chi connectivity index (χ2n) is 4.35. The van der Waals surface area contributed by atoms with Crippen LogP contribution in [0.25, 0.3) is 11.3 Å². The van der Waals surface area contributed by atoms with E-state index in [0.29, 0.717) is 0 Å². The lowest BCUT2D eigenvalue weighted by molar-refractivity contribution is 0.624. The second-order valence-corrected chi connectivity index (χ2v) is 7.20. The zero-order chi connectivity index (χ0) is 14.7. The van der Waals surface area contributed by atoms with Crippen molar-refractivity contribution in [3.8, 4) is 11.3 Å². The van der Waals surface area contributed by atoms with Crippen LogP contribution in [0, 0.1) is 5.82 Å². The maximum atomic E-state index is 13.1. The van der Waals surface area contributed by atoms with Gasteiger partial charge in [-0.2, -0.15) is 0 Å². The Morgan fingerprint density at radius 3 is 2.81 bits per heavy atom. The number of thiazole rings is 1. The third-order valence-corrected chi connectivity index (χ3v) is 5.59. The highest BCUT2D eigenvalue weighted by Gasteiger charge is 2.08. The van der Waals surface area contributed by atoms with Crippen LogP contribution < -0.4 is 0 Å². The van der Waals surface area contributed by atoms with Gasteiger partial charge in [0, 0.05) is 20.3 Å². The summed E-state index contributed by atoms with van der Waals surface area (Å²) >= 11 is 6.77. The zero-order valence-electron chi connectivity index (χ0n) is 10.9. The summed E-state index contributed by atoms with van der Waals surface area (Å²) in [5, 5.41) is 3.09. The highest BCUT2D eigenvalue weighted by Crippen LogP contribution is 2.31. The van der Waals surface area contributed by atoms with Crippen molar-refractivity contribution >= 4 is 39.0 Å². The van der Waals surface area contributed by atoms with Gasteiger partial charge in [0.05, 0.1) is 11.4 Å². The first-order valence-corrected chi connectivity index (χ1v) is 8.96. The minimum Gasteiger partial charge on any atom is -0.240 e. The van der Waals surface area contributed by atoms with Gasteiger partial charge in [0.15, 0.2) is 0 Å². The van der Waals surface area contributed by atoms with Gasteiger partial charge in [-0.15, -0.1) is 23.1 Å². The molecule has 2 aromatic carbocycles. The van der Waals surface area contributed by atoms with Gasteiger partial charge in [0.1, 0.15) is 10.8 Å². The van der Waals surface area contributed by atoms with Crippen molar-refractivity contribution in [2.24, 2.45) is 0 Å². The predicted molar refractivity (Wildman–Crippen MR) is 91.2 cm³/mol. The lowest BCUT2D eigenvalue weighted by Gasteiger charge is -2.00. The molecule has 1 nitrogen and oxygen atoms in total. The van der Waals surface area contributed by atoms with E-state index in [2.05, 4.69) is 26.3 Å². The molecule has 1 heterocycles. The number of benzene rings is 2. The van der Waals surface area contributed by atoms with Crippen LogP contribution in [-0.4, -0.2) is 4.98 Å². The molecule has 0 atom stereocenters. The molecule has 0 amide bonds. The number of rotatable bonds is 4. The molecule has 0 radical (unpaired) electrons. The average Bonchev–Trinajstić information content (AvgIpc) is 2.94. The average molecular weight is 380 g/mol. The normalized spacial score (nSPS) is 10.8. The van der Waals surface area contributed by atoms with E-state index >= 15 is 0 Å². The molecular formula is C16H11BrFNS2. The lowest BCUT2D eigenvalue weighted by Crippen LogP contribution is -1.83. The van der Waals surface area contributed by atoms with Crippen LogP contribution in [-0.2, 0) is 5.75 Å². The van der Waals surface area contributed by atoms with E-state index in [1.807, 2.05) is 30.3 Å². The summed E-state index contributed by atoms with van der Waals surface area (Å²) in [6.07, 6.45) is 0. The fourth-order valence-corrected chi connectivity index (χ4v) is 4.11. The molecule has 0 saturated carbocycles. The van der Waals surface area contributed by atoms with Gasteiger partial charge < -0.3 is 0 Å². The third-order valence-electron chi connectivity index (χ3n) is 2.86. The summed E-state index contributed by atoms with van der Waals surface area (Å²) in [5.74, 6) is 0.548. The zero-order valence-corrected chi connectivity index (χ0v) is 14.1. The standard InChI is InChI=1S/C16H11BrFNS2/c17-14-7-2-1-6-13(14)15-9-21-16(19-15)10-20-12-5-3-4-11(18)8-12/h1-9H,10H2. The number of nitrogens with zero attached hydrogens (tertiary/aromatic N) is 1. The van der Waals surface area contributed by atoms with Crippen molar-refractivity contribution in [3.63, 3.8) is 0 Å². The summed E-state index contributed by atoms with van der Waals surface area (Å²) in [6, 6.07) is 14.7. The third kappa shape index (κ3) is 3.73. The van der Waals surface area contributed by atoms with E-state index in [9.17, 15) is 4.39 Å². The molecule has 0 aliphatic carbocycles. The van der Waals surface area contributed by atoms with Gasteiger partial charge in [0.25, 0.3) is 0 Å². The van der Waals surface area contributed by atoms with Crippen LogP contribution in [0.5, 0.6) is 0 Å². The SMILES string of the molecule is Fc1cccc(SCc2nc(-c3ccccc3Br)cs2)c1. The Bertz CT molecular complexity index is 757. The number of halogens is 2. The smallest absolute Gasteiger partial charge is 0.124 e. The second kappa shape index (κ2) is 6.73. The van der Waals surface area contributed by atoms with Crippen LogP contribution in [0.15, 0.2) is 63.3 Å². The molecule has 0 unspecified atom stereocenters. The highest BCUT2D eigenvalue weighted by atomic mass is 79.9. The highest BCUT2D eigenvalue weighted by molar-refractivity contribution is 9.10. The first-order valence-electron chi connectivity index (χ1n) is 6.30. The maximum Gasteiger partial charge on any atom is 0.124 e. The Morgan fingerprint density at radius 2 is 2.00 bits per heavy atom. The topological polar surface area (TPSA) is 12.9 Å². The molecule has 0 bridgehead atoms. The van der Waals surface area contributed by atoms with E-state index in [4.69, 9.17) is 0 Å². The molecule has 0 saturated heterocycles. The van der Waals surface area contributed by atoms with Crippen molar-refractivity contribution in [2.75, 3.05) is 0 Å². The van der Waals surface area contributed by atoms with Crippen molar-refractivity contribution in [2.45, 2.75) is 10.6 Å². The van der Waals surface area contributed by atoms with Crippen LogP contribution >= 0.6 is 39.0 Å². The minimum atomic E-state index is -0.201. The van der Waals surface area contributed by atoms with Crippen LogP contribution in [0.4, 0.5) is 4.39 Å². The Balaban J connectivity index is 1.72. The summed E-state index contributed by atoms with van der Waals surface area (Å²) in [6.45, 7) is 0. The van der Waals surface area contributed by atoms with Gasteiger partial charge in [0.2, 0.25) is 0 Å². The van der Waals surface area contributed by atoms with Gasteiger partial charge >= 0.3 is 0 Å². The van der Waals surface area contributed by atoms with E-state index in [-0.39, 0.29) is 5.82 Å². The van der Waals surface area contributed by atoms with Gasteiger partial charge in [-0.1, -0.05) is 40.2 Å². The monoisotopic (exact) mass is 379 g/mol. The fraction of sp³-hybridized carbons (Fsp3) is 0.0625. The van der Waals surface area contributed by atoms with Gasteiger partial charge in [-0.25, -0.2) is 9.37 Å². The molecule has 3 aromatic rings. The van der Waals surface area contributed by atoms with Crippen molar-refractivity contribution in [3.05, 3.63) is 69.2 Å². The first kappa shape index (κ1) is 14.8. The fourth-order valence-electron chi connectivity index (χ4n) is 1.87. The number of hydrogen-bond donors (Lipinski definition) is 0. The molecule has 21 heavy (non-hydrogen) atoms. The maximum absolute atomic E-state index is 13.1. The number of thioether (sulfide) groups is 1. The molecule has 0 spiro atoms. The molecule has 106 valence electrons. The minimum absolute atomic E-state index is 0.201. The largest absolute Gasteiger partial charge is 0.240 e. The number of hydrogen-bond acceptors (Lipinski definition) is 3. The van der Waals surface area contributed by atoms with Crippen LogP contribution in [0.1, 0.15) is 5.01 Å². The predicted octanol–water partition coefficient (Wildman–Crippen LogP) is 6.00. The van der Waals surface area contributed by atoms with Crippen molar-refractivity contribution < 1.29 is 4.39 Å². The quantitative estimate of drug-likeness (QED) is 0.515. The number of aromatic nitrogens is 1. The Labute approximate surface area is 139 Å². The Kier molecular flexibility index (Phi) is 4.73. The summed E-state index contributed by atoms with van der Waals surface area (Å²) < 4.78 is 14.2. The molecular weight excluding hydrogens is 369 g/mol. The van der Waals surface area contributed by atoms with Crippen LogP contribution in [0.2, 0.25) is 0 Å². The lowest BCUT2D eigenvalue weighted by atomic mass is 10.2. The van der Waals surface area contributed by atoms with Gasteiger partial charge in [-0.05, 0) is 24.3 Å². The van der Waals surface area contributed by atoms with Crippen molar-refractivity contribution in [1.82, 2.24) is 4.98 Å². The van der Waals surface area contributed by atoms with E-state index in [1.165, 1.54) is 6.07 Å². The van der Waals surface area contributed by atoms with E-state index in [1.54, 1.807) is 35.2 Å². The van der Waals surface area contributed by atoms with Crippen LogP contribution in [0.3, 0.4) is 0 Å². The summed E-state index contributed by atoms with van der Waals surface area (Å²) in [4.78, 5) is 5.58.